The number of ether oxygens (including phenoxy) is 1. The van der Waals surface area contributed by atoms with Crippen molar-refractivity contribution in [3.63, 3.8) is 0 Å². The van der Waals surface area contributed by atoms with Crippen molar-refractivity contribution < 1.29 is 9.84 Å². The number of methoxy groups -OCH3 is 1. The highest BCUT2D eigenvalue weighted by Crippen LogP contribution is 1.95. The Hall–Kier alpha value is -0.970. The summed E-state index contributed by atoms with van der Waals surface area (Å²) in [6, 6.07) is 3.94. The predicted molar refractivity (Wildman–Crippen MR) is 58.4 cm³/mol. The van der Waals surface area contributed by atoms with Gasteiger partial charge in [-0.15, -0.1) is 0 Å². The number of pyridine rings is 1. The summed E-state index contributed by atoms with van der Waals surface area (Å²) in [5.74, 6) is 0. The van der Waals surface area contributed by atoms with Crippen molar-refractivity contribution in [1.82, 2.24) is 10.3 Å². The fourth-order valence-corrected chi connectivity index (χ4v) is 1.28. The fraction of sp³-hybridized carbons (Fsp3) is 0.545. The quantitative estimate of drug-likeness (QED) is 0.646. The van der Waals surface area contributed by atoms with Gasteiger partial charge in [0.1, 0.15) is 0 Å². The second-order valence-corrected chi connectivity index (χ2v) is 3.43. The van der Waals surface area contributed by atoms with E-state index in [2.05, 4.69) is 10.3 Å². The molecular weight excluding hydrogens is 192 g/mol. The standard InChI is InChI=1S/C11H18N2O2/c1-15-9-11(14)4-7-13-8-10-2-5-12-6-3-10/h2-3,5-6,11,13-14H,4,7-9H2,1H3. The third-order valence-corrected chi connectivity index (χ3v) is 2.09. The lowest BCUT2D eigenvalue weighted by molar-refractivity contribution is 0.0594. The first kappa shape index (κ1) is 12.1. The first-order chi connectivity index (χ1) is 7.33. The van der Waals surface area contributed by atoms with Crippen LogP contribution in [0, 0.1) is 0 Å². The minimum atomic E-state index is -0.375. The number of hydrogen-bond acceptors (Lipinski definition) is 4. The van der Waals surface area contributed by atoms with Crippen molar-refractivity contribution in [2.75, 3.05) is 20.3 Å². The lowest BCUT2D eigenvalue weighted by Crippen LogP contribution is -2.22. The SMILES string of the molecule is COCC(O)CCNCc1ccncc1. The minimum Gasteiger partial charge on any atom is -0.391 e. The molecule has 0 amide bonds. The molecule has 1 unspecified atom stereocenters. The molecular formula is C11H18N2O2. The highest BCUT2D eigenvalue weighted by Gasteiger charge is 2.01. The molecule has 0 saturated carbocycles. The van der Waals surface area contributed by atoms with Crippen LogP contribution in [0.15, 0.2) is 24.5 Å². The maximum Gasteiger partial charge on any atom is 0.0785 e. The zero-order chi connectivity index (χ0) is 10.9. The molecule has 84 valence electrons. The first-order valence-corrected chi connectivity index (χ1v) is 5.09. The van der Waals surface area contributed by atoms with E-state index in [1.54, 1.807) is 19.5 Å². The molecule has 1 aromatic heterocycles. The lowest BCUT2D eigenvalue weighted by atomic mass is 10.2. The molecule has 0 saturated heterocycles. The molecule has 4 heteroatoms. The highest BCUT2D eigenvalue weighted by atomic mass is 16.5. The molecule has 0 aliphatic rings. The van der Waals surface area contributed by atoms with Gasteiger partial charge in [-0.2, -0.15) is 0 Å². The van der Waals surface area contributed by atoms with Crippen LogP contribution in [0.1, 0.15) is 12.0 Å². The van der Waals surface area contributed by atoms with Crippen LogP contribution >= 0.6 is 0 Å². The number of aliphatic hydroxyl groups is 1. The Morgan fingerprint density at radius 1 is 1.47 bits per heavy atom. The second kappa shape index (κ2) is 7.34. The number of aromatic nitrogens is 1. The van der Waals surface area contributed by atoms with Crippen LogP contribution in [-0.4, -0.2) is 36.5 Å². The average Bonchev–Trinajstić information content (AvgIpc) is 2.26. The Balaban J connectivity index is 2.07. The Bertz CT molecular complexity index is 254. The van der Waals surface area contributed by atoms with E-state index in [9.17, 15) is 5.11 Å². The van der Waals surface area contributed by atoms with E-state index >= 15 is 0 Å². The molecule has 15 heavy (non-hydrogen) atoms. The van der Waals surface area contributed by atoms with E-state index in [0.29, 0.717) is 13.0 Å². The smallest absolute Gasteiger partial charge is 0.0785 e. The average molecular weight is 210 g/mol. The maximum absolute atomic E-state index is 9.37. The first-order valence-electron chi connectivity index (χ1n) is 5.09. The fourth-order valence-electron chi connectivity index (χ4n) is 1.28. The van der Waals surface area contributed by atoms with Gasteiger partial charge in [-0.25, -0.2) is 0 Å². The molecule has 0 aliphatic heterocycles. The molecule has 4 nitrogen and oxygen atoms in total. The van der Waals surface area contributed by atoms with Gasteiger partial charge in [0.05, 0.1) is 12.7 Å². The van der Waals surface area contributed by atoms with Gasteiger partial charge >= 0.3 is 0 Å². The van der Waals surface area contributed by atoms with Crippen molar-refractivity contribution in [3.8, 4) is 0 Å². The largest absolute Gasteiger partial charge is 0.391 e. The van der Waals surface area contributed by atoms with Crippen molar-refractivity contribution in [1.29, 1.82) is 0 Å². The zero-order valence-electron chi connectivity index (χ0n) is 9.02. The Labute approximate surface area is 90.3 Å². The molecule has 1 atom stereocenters. The van der Waals surface area contributed by atoms with Crippen LogP contribution in [-0.2, 0) is 11.3 Å². The van der Waals surface area contributed by atoms with Gasteiger partial charge in [-0.1, -0.05) is 0 Å². The van der Waals surface area contributed by atoms with E-state index in [1.807, 2.05) is 12.1 Å². The van der Waals surface area contributed by atoms with Crippen molar-refractivity contribution >= 4 is 0 Å². The van der Waals surface area contributed by atoms with Gasteiger partial charge in [0.25, 0.3) is 0 Å². The number of hydrogen-bond donors (Lipinski definition) is 2. The molecule has 2 N–H and O–H groups in total. The molecule has 0 aromatic carbocycles. The molecule has 0 bridgehead atoms. The van der Waals surface area contributed by atoms with Crippen molar-refractivity contribution in [2.45, 2.75) is 19.1 Å². The third kappa shape index (κ3) is 5.47. The van der Waals surface area contributed by atoms with E-state index in [4.69, 9.17) is 4.74 Å². The van der Waals surface area contributed by atoms with Crippen LogP contribution in [0.5, 0.6) is 0 Å². The summed E-state index contributed by atoms with van der Waals surface area (Å²) in [7, 11) is 1.59. The van der Waals surface area contributed by atoms with E-state index in [1.165, 1.54) is 5.56 Å². The van der Waals surface area contributed by atoms with Gasteiger partial charge in [-0.05, 0) is 30.7 Å². The van der Waals surface area contributed by atoms with Crippen molar-refractivity contribution in [2.24, 2.45) is 0 Å². The summed E-state index contributed by atoms with van der Waals surface area (Å²) in [6.45, 7) is 1.99. The summed E-state index contributed by atoms with van der Waals surface area (Å²) >= 11 is 0. The topological polar surface area (TPSA) is 54.4 Å². The number of aliphatic hydroxyl groups excluding tert-OH is 1. The van der Waals surface area contributed by atoms with E-state index in [0.717, 1.165) is 13.1 Å². The van der Waals surface area contributed by atoms with Gasteiger partial charge < -0.3 is 15.2 Å². The molecule has 1 rings (SSSR count). The van der Waals surface area contributed by atoms with E-state index in [-0.39, 0.29) is 6.10 Å². The molecule has 1 heterocycles. The zero-order valence-corrected chi connectivity index (χ0v) is 9.02. The third-order valence-electron chi connectivity index (χ3n) is 2.09. The maximum atomic E-state index is 9.37. The summed E-state index contributed by atoms with van der Waals surface area (Å²) in [4.78, 5) is 3.94. The van der Waals surface area contributed by atoms with Crippen molar-refractivity contribution in [3.05, 3.63) is 30.1 Å². The Morgan fingerprint density at radius 2 is 2.20 bits per heavy atom. The second-order valence-electron chi connectivity index (χ2n) is 3.43. The van der Waals surface area contributed by atoms with Crippen LogP contribution < -0.4 is 5.32 Å². The number of rotatable bonds is 7. The van der Waals surface area contributed by atoms with Gasteiger partial charge in [0, 0.05) is 26.0 Å². The van der Waals surface area contributed by atoms with Crippen LogP contribution in [0.4, 0.5) is 0 Å². The highest BCUT2D eigenvalue weighted by molar-refractivity contribution is 5.08. The summed E-state index contributed by atoms with van der Waals surface area (Å²) < 4.78 is 4.83. The molecule has 0 aliphatic carbocycles. The summed E-state index contributed by atoms with van der Waals surface area (Å²) in [5, 5.41) is 12.6. The Kier molecular flexibility index (Phi) is 5.92. The summed E-state index contributed by atoms with van der Waals surface area (Å²) in [6.07, 6.45) is 3.88. The Morgan fingerprint density at radius 3 is 2.87 bits per heavy atom. The lowest BCUT2D eigenvalue weighted by Gasteiger charge is -2.09. The van der Waals surface area contributed by atoms with Gasteiger partial charge in [-0.3, -0.25) is 4.98 Å². The minimum absolute atomic E-state index is 0.375. The normalized spacial score (nSPS) is 12.7. The predicted octanol–water partition coefficient (Wildman–Crippen LogP) is 0.569. The summed E-state index contributed by atoms with van der Waals surface area (Å²) in [5.41, 5.74) is 1.20. The van der Waals surface area contributed by atoms with Gasteiger partial charge in [0.15, 0.2) is 0 Å². The van der Waals surface area contributed by atoms with Crippen LogP contribution in [0.2, 0.25) is 0 Å². The number of nitrogens with one attached hydrogen (secondary N) is 1. The molecule has 0 radical (unpaired) electrons. The van der Waals surface area contributed by atoms with E-state index < -0.39 is 0 Å². The molecule has 1 aromatic rings. The van der Waals surface area contributed by atoms with Gasteiger partial charge in [0.2, 0.25) is 0 Å². The molecule has 0 fully saturated rings. The molecule has 0 spiro atoms. The van der Waals surface area contributed by atoms with Crippen LogP contribution in [0.3, 0.4) is 0 Å². The number of nitrogens with zero attached hydrogens (tertiary/aromatic N) is 1. The van der Waals surface area contributed by atoms with Crippen LogP contribution in [0.25, 0.3) is 0 Å². The monoisotopic (exact) mass is 210 g/mol.